The SMILES string of the molecule is Cn1c(C2CCCCCC2)nc2cc(C(=O)O)ccc21. The number of rotatable bonds is 2. The lowest BCUT2D eigenvalue weighted by atomic mass is 10.00. The second-order valence-electron chi connectivity index (χ2n) is 5.73. The van der Waals surface area contributed by atoms with Gasteiger partial charge in [0.2, 0.25) is 0 Å². The molecule has 0 aliphatic heterocycles. The molecule has 1 aliphatic carbocycles. The number of imidazole rings is 1. The van der Waals surface area contributed by atoms with Crippen molar-refractivity contribution in [1.82, 2.24) is 9.55 Å². The van der Waals surface area contributed by atoms with Crippen molar-refractivity contribution in [3.05, 3.63) is 29.6 Å². The standard InChI is InChI=1S/C16H20N2O2/c1-18-14-9-8-12(16(19)20)10-13(14)17-15(18)11-6-4-2-3-5-7-11/h8-11H,2-7H2,1H3,(H,19,20). The molecule has 1 aromatic heterocycles. The van der Waals surface area contributed by atoms with Crippen LogP contribution in [0.3, 0.4) is 0 Å². The van der Waals surface area contributed by atoms with E-state index in [0.29, 0.717) is 11.5 Å². The summed E-state index contributed by atoms with van der Waals surface area (Å²) in [5, 5.41) is 9.07. The molecule has 4 nitrogen and oxygen atoms in total. The summed E-state index contributed by atoms with van der Waals surface area (Å²) >= 11 is 0. The van der Waals surface area contributed by atoms with E-state index in [4.69, 9.17) is 10.1 Å². The average molecular weight is 272 g/mol. The zero-order valence-corrected chi connectivity index (χ0v) is 11.8. The van der Waals surface area contributed by atoms with Crippen molar-refractivity contribution < 1.29 is 9.90 Å². The van der Waals surface area contributed by atoms with Gasteiger partial charge in [0.25, 0.3) is 0 Å². The van der Waals surface area contributed by atoms with Crippen LogP contribution in [-0.4, -0.2) is 20.6 Å². The van der Waals surface area contributed by atoms with Gasteiger partial charge in [0.05, 0.1) is 16.6 Å². The molecule has 4 heteroatoms. The van der Waals surface area contributed by atoms with Crippen LogP contribution < -0.4 is 0 Å². The second-order valence-corrected chi connectivity index (χ2v) is 5.73. The van der Waals surface area contributed by atoms with Gasteiger partial charge in [-0.2, -0.15) is 0 Å². The smallest absolute Gasteiger partial charge is 0.335 e. The van der Waals surface area contributed by atoms with Crippen LogP contribution in [-0.2, 0) is 7.05 Å². The molecule has 20 heavy (non-hydrogen) atoms. The van der Waals surface area contributed by atoms with Crippen molar-refractivity contribution >= 4 is 17.0 Å². The summed E-state index contributed by atoms with van der Waals surface area (Å²) < 4.78 is 2.14. The first-order chi connectivity index (χ1) is 9.66. The van der Waals surface area contributed by atoms with Crippen LogP contribution in [0.25, 0.3) is 11.0 Å². The Kier molecular flexibility index (Phi) is 3.47. The normalized spacial score (nSPS) is 17.2. The molecule has 3 rings (SSSR count). The van der Waals surface area contributed by atoms with Gasteiger partial charge >= 0.3 is 5.97 Å². The third kappa shape index (κ3) is 2.30. The zero-order chi connectivity index (χ0) is 14.1. The van der Waals surface area contributed by atoms with Gasteiger partial charge in [0, 0.05) is 13.0 Å². The molecule has 0 spiro atoms. The number of fused-ring (bicyclic) bond motifs is 1. The van der Waals surface area contributed by atoms with Gasteiger partial charge in [-0.15, -0.1) is 0 Å². The second kappa shape index (κ2) is 5.27. The number of carboxylic acid groups (broad SMARTS) is 1. The highest BCUT2D eigenvalue weighted by atomic mass is 16.4. The first-order valence-electron chi connectivity index (χ1n) is 7.36. The molecule has 1 fully saturated rings. The van der Waals surface area contributed by atoms with E-state index in [1.807, 2.05) is 13.1 Å². The Bertz CT molecular complexity index is 637. The molecule has 1 N–H and O–H groups in total. The lowest BCUT2D eigenvalue weighted by Gasteiger charge is -2.13. The summed E-state index contributed by atoms with van der Waals surface area (Å²) in [7, 11) is 2.04. The Morgan fingerprint density at radius 1 is 1.25 bits per heavy atom. The lowest BCUT2D eigenvalue weighted by Crippen LogP contribution is -2.05. The van der Waals surface area contributed by atoms with E-state index in [1.165, 1.54) is 38.5 Å². The van der Waals surface area contributed by atoms with E-state index in [9.17, 15) is 4.79 Å². The Morgan fingerprint density at radius 3 is 2.60 bits per heavy atom. The minimum atomic E-state index is -0.895. The quantitative estimate of drug-likeness (QED) is 0.848. The maximum atomic E-state index is 11.0. The summed E-state index contributed by atoms with van der Waals surface area (Å²) in [6, 6.07) is 5.20. The molecule has 1 aliphatic rings. The van der Waals surface area contributed by atoms with E-state index in [2.05, 4.69) is 4.57 Å². The van der Waals surface area contributed by atoms with Gasteiger partial charge < -0.3 is 9.67 Å². The topological polar surface area (TPSA) is 55.1 Å². The predicted molar refractivity (Wildman–Crippen MR) is 78.1 cm³/mol. The van der Waals surface area contributed by atoms with Gasteiger partial charge in [-0.1, -0.05) is 25.7 Å². The summed E-state index contributed by atoms with van der Waals surface area (Å²) in [5.41, 5.74) is 2.13. The zero-order valence-electron chi connectivity index (χ0n) is 11.8. The first-order valence-corrected chi connectivity index (χ1v) is 7.36. The highest BCUT2D eigenvalue weighted by Gasteiger charge is 2.20. The molecule has 0 bridgehead atoms. The molecule has 0 radical (unpaired) electrons. The van der Waals surface area contributed by atoms with Gasteiger partial charge in [0.1, 0.15) is 5.82 Å². The van der Waals surface area contributed by atoms with Gasteiger partial charge in [0.15, 0.2) is 0 Å². The van der Waals surface area contributed by atoms with Gasteiger partial charge in [-0.25, -0.2) is 9.78 Å². The minimum absolute atomic E-state index is 0.308. The Hall–Kier alpha value is -1.84. The van der Waals surface area contributed by atoms with E-state index in [0.717, 1.165) is 16.9 Å². The van der Waals surface area contributed by atoms with E-state index >= 15 is 0 Å². The van der Waals surface area contributed by atoms with E-state index in [-0.39, 0.29) is 0 Å². The highest BCUT2D eigenvalue weighted by molar-refractivity contribution is 5.92. The maximum Gasteiger partial charge on any atom is 0.335 e. The maximum absolute atomic E-state index is 11.0. The third-order valence-corrected chi connectivity index (χ3v) is 4.38. The molecule has 2 aromatic rings. The van der Waals surface area contributed by atoms with Crippen molar-refractivity contribution in [2.75, 3.05) is 0 Å². The third-order valence-electron chi connectivity index (χ3n) is 4.38. The number of hydrogen-bond acceptors (Lipinski definition) is 2. The number of carbonyl (C=O) groups is 1. The Morgan fingerprint density at radius 2 is 1.95 bits per heavy atom. The Balaban J connectivity index is 2.02. The summed E-state index contributed by atoms with van der Waals surface area (Å²) in [6.07, 6.45) is 7.58. The summed E-state index contributed by atoms with van der Waals surface area (Å²) in [5.74, 6) is 0.737. The van der Waals surface area contributed by atoms with E-state index < -0.39 is 5.97 Å². The van der Waals surface area contributed by atoms with Crippen LogP contribution in [0.4, 0.5) is 0 Å². The van der Waals surface area contributed by atoms with Crippen molar-refractivity contribution in [3.8, 4) is 0 Å². The number of aryl methyl sites for hydroxylation is 1. The lowest BCUT2D eigenvalue weighted by molar-refractivity contribution is 0.0697. The van der Waals surface area contributed by atoms with Crippen LogP contribution >= 0.6 is 0 Å². The molecule has 106 valence electrons. The number of nitrogens with zero attached hydrogens (tertiary/aromatic N) is 2. The van der Waals surface area contributed by atoms with Crippen LogP contribution in [0.1, 0.15) is 60.6 Å². The molecular weight excluding hydrogens is 252 g/mol. The molecule has 1 heterocycles. The molecule has 0 unspecified atom stereocenters. The van der Waals surface area contributed by atoms with E-state index in [1.54, 1.807) is 12.1 Å². The number of carboxylic acids is 1. The van der Waals surface area contributed by atoms with Gasteiger partial charge in [-0.05, 0) is 31.0 Å². The van der Waals surface area contributed by atoms with Crippen LogP contribution in [0.5, 0.6) is 0 Å². The molecule has 1 saturated carbocycles. The number of hydrogen-bond donors (Lipinski definition) is 1. The highest BCUT2D eigenvalue weighted by Crippen LogP contribution is 2.32. The fourth-order valence-corrected chi connectivity index (χ4v) is 3.25. The molecule has 0 amide bonds. The van der Waals surface area contributed by atoms with Crippen LogP contribution in [0.15, 0.2) is 18.2 Å². The molecule has 1 aromatic carbocycles. The van der Waals surface area contributed by atoms with Crippen molar-refractivity contribution in [2.24, 2.45) is 7.05 Å². The summed E-state index contributed by atoms with van der Waals surface area (Å²) in [6.45, 7) is 0. The van der Waals surface area contributed by atoms with Crippen LogP contribution in [0, 0.1) is 0 Å². The minimum Gasteiger partial charge on any atom is -0.478 e. The average Bonchev–Trinajstić information content (AvgIpc) is 2.64. The first kappa shape index (κ1) is 13.2. The Labute approximate surface area is 118 Å². The molecule has 0 atom stereocenters. The fourth-order valence-electron chi connectivity index (χ4n) is 3.25. The van der Waals surface area contributed by atoms with Crippen molar-refractivity contribution in [3.63, 3.8) is 0 Å². The monoisotopic (exact) mass is 272 g/mol. The predicted octanol–water partition coefficient (Wildman–Crippen LogP) is 3.71. The number of benzene rings is 1. The fraction of sp³-hybridized carbons (Fsp3) is 0.500. The number of aromatic carboxylic acids is 1. The van der Waals surface area contributed by atoms with Crippen molar-refractivity contribution in [2.45, 2.75) is 44.4 Å². The number of aromatic nitrogens is 2. The molecular formula is C16H20N2O2. The largest absolute Gasteiger partial charge is 0.478 e. The molecule has 0 saturated heterocycles. The van der Waals surface area contributed by atoms with Crippen molar-refractivity contribution in [1.29, 1.82) is 0 Å². The van der Waals surface area contributed by atoms with Crippen LogP contribution in [0.2, 0.25) is 0 Å². The summed E-state index contributed by atoms with van der Waals surface area (Å²) in [4.78, 5) is 15.8. The van der Waals surface area contributed by atoms with Gasteiger partial charge in [-0.3, -0.25) is 0 Å².